The lowest BCUT2D eigenvalue weighted by Crippen LogP contribution is -2.35. The number of hydrogen-bond acceptors (Lipinski definition) is 17. The molecule has 3 saturated heterocycles. The number of nitrogens with one attached hydrogen (secondary N) is 1. The molecule has 5 aromatic rings. The Labute approximate surface area is 341 Å². The first-order chi connectivity index (χ1) is 29.0. The number of fused-ring (bicyclic) bond motifs is 5. The number of phosphoric ester groups is 1. The second-order valence-corrected chi connectivity index (χ2v) is 15.8. The molecule has 4 aromatic heterocycles. The number of aryl methyl sites for hydroxylation is 1. The molecule has 3 aliphatic rings. The number of halogens is 2. The second kappa shape index (κ2) is 17.6. The van der Waals surface area contributed by atoms with Crippen molar-refractivity contribution in [3.63, 3.8) is 0 Å². The van der Waals surface area contributed by atoms with Crippen LogP contribution in [0.1, 0.15) is 34.9 Å². The SMILES string of the molecule is [BH3-][P+]1(OCC[N+]#[C-])OC[C@H]2O[C@@H](n3cnc4c(C)ncnc43)[C@H](F)[C@@H]2OP(=O)(OCCC#N)OC[C@H]2O[C@@H](n3cnc4c(NC(=O)c5ccccc5)ncnc43)[C@H](O1)C2F. The van der Waals surface area contributed by atoms with Gasteiger partial charge in [0.15, 0.2) is 60.1 Å². The van der Waals surface area contributed by atoms with Gasteiger partial charge in [-0.25, -0.2) is 63.4 Å². The van der Waals surface area contributed by atoms with E-state index in [1.54, 1.807) is 37.3 Å². The van der Waals surface area contributed by atoms with Crippen LogP contribution in [0.5, 0.6) is 0 Å². The predicted molar refractivity (Wildman–Crippen MR) is 207 cm³/mol. The van der Waals surface area contributed by atoms with Crippen LogP contribution in [0.2, 0.25) is 0 Å². The van der Waals surface area contributed by atoms with Gasteiger partial charge >= 0.3 is 7.82 Å². The molecule has 0 saturated carbocycles. The number of alkyl halides is 2. The highest BCUT2D eigenvalue weighted by molar-refractivity contribution is 7.85. The van der Waals surface area contributed by atoms with E-state index in [1.807, 2.05) is 6.07 Å². The summed E-state index contributed by atoms with van der Waals surface area (Å²) in [5, 5.41) is 11.9. The van der Waals surface area contributed by atoms with E-state index >= 15 is 8.78 Å². The van der Waals surface area contributed by atoms with Crippen molar-refractivity contribution in [2.45, 2.75) is 62.6 Å². The van der Waals surface area contributed by atoms with E-state index in [-0.39, 0.29) is 42.2 Å². The average Bonchev–Trinajstić information content (AvgIpc) is 4.02. The molecule has 1 amide bonds. The van der Waals surface area contributed by atoms with Crippen molar-refractivity contribution in [2.24, 2.45) is 0 Å². The molecule has 10 atom stereocenters. The minimum Gasteiger partial charge on any atom is -0.346 e. The Kier molecular flexibility index (Phi) is 12.2. The van der Waals surface area contributed by atoms with Gasteiger partial charge in [-0.15, -0.1) is 0 Å². The van der Waals surface area contributed by atoms with E-state index in [1.165, 1.54) is 34.4 Å². The fourth-order valence-corrected chi connectivity index (χ4v) is 9.01. The van der Waals surface area contributed by atoms with Crippen molar-refractivity contribution in [1.82, 2.24) is 39.0 Å². The zero-order valence-corrected chi connectivity index (χ0v) is 32.6. The summed E-state index contributed by atoms with van der Waals surface area (Å²) in [5.41, 5.74) is 1.84. The third-order valence-corrected chi connectivity index (χ3v) is 11.9. The Morgan fingerprint density at radius 3 is 2.48 bits per heavy atom. The molecular formula is C34H36BF2N11O10P2. The first-order valence-corrected chi connectivity index (χ1v) is 20.5. The van der Waals surface area contributed by atoms with Crippen molar-refractivity contribution < 1.29 is 54.8 Å². The molecule has 0 radical (unpaired) electrons. The molecule has 0 aliphatic carbocycles. The molecule has 1 N–H and O–H groups in total. The maximum atomic E-state index is 16.9. The number of hydrogen-bond donors (Lipinski definition) is 1. The van der Waals surface area contributed by atoms with Crippen LogP contribution in [-0.4, -0.2) is 122 Å². The molecule has 1 aromatic carbocycles. The molecule has 314 valence electrons. The van der Waals surface area contributed by atoms with E-state index in [0.29, 0.717) is 16.8 Å². The Bertz CT molecular complexity index is 2500. The molecule has 3 fully saturated rings. The monoisotopic (exact) mass is 869 g/mol. The minimum atomic E-state index is -4.84. The van der Waals surface area contributed by atoms with Gasteiger partial charge in [0.25, 0.3) is 5.91 Å². The number of rotatable bonds is 10. The van der Waals surface area contributed by atoms with Crippen molar-refractivity contribution in [3.05, 3.63) is 78.3 Å². The maximum absolute atomic E-state index is 16.9. The number of imidazole rings is 2. The lowest BCUT2D eigenvalue weighted by atomic mass is 10.1. The highest BCUT2D eigenvalue weighted by Crippen LogP contribution is 2.62. The molecule has 0 spiro atoms. The van der Waals surface area contributed by atoms with Crippen LogP contribution >= 0.6 is 15.6 Å². The van der Waals surface area contributed by atoms with Gasteiger partial charge in [0, 0.05) is 5.56 Å². The first kappa shape index (κ1) is 41.8. The number of carbonyl (C=O) groups is 1. The third-order valence-electron chi connectivity index (χ3n) is 9.31. The summed E-state index contributed by atoms with van der Waals surface area (Å²) in [5.74, 6) is -0.392. The summed E-state index contributed by atoms with van der Waals surface area (Å²) < 4.78 is 99.2. The molecule has 8 rings (SSSR count). The van der Waals surface area contributed by atoms with E-state index in [2.05, 4.69) is 40.1 Å². The summed E-state index contributed by atoms with van der Waals surface area (Å²) in [7, 11) is -9.48. The highest BCUT2D eigenvalue weighted by atomic mass is 31.2. The van der Waals surface area contributed by atoms with Gasteiger partial charge in [-0.1, -0.05) is 18.2 Å². The maximum Gasteiger partial charge on any atom is 0.475 e. The van der Waals surface area contributed by atoms with Crippen LogP contribution in [0.3, 0.4) is 0 Å². The summed E-state index contributed by atoms with van der Waals surface area (Å²) >= 11 is 0. The van der Waals surface area contributed by atoms with Gasteiger partial charge < -0.3 is 19.6 Å². The third kappa shape index (κ3) is 8.36. The predicted octanol–water partition coefficient (Wildman–Crippen LogP) is 3.53. The zero-order chi connectivity index (χ0) is 42.0. The lowest BCUT2D eigenvalue weighted by molar-refractivity contribution is -0.0667. The largest absolute Gasteiger partial charge is 0.475 e. The number of ether oxygens (including phenoxy) is 2. The van der Waals surface area contributed by atoms with Crippen LogP contribution in [0.25, 0.3) is 27.2 Å². The van der Waals surface area contributed by atoms with Gasteiger partial charge in [0.2, 0.25) is 21.9 Å². The standard InChI is InChI=1S/C34H36BF2N11O10P2/c1-19-25-30(42-15-40-19)47(17-44-25)33-24(37)27-22(56-33)14-53-59(35,51-12-10-39-2)57-28-23(36)21(13-54-60(50,58-27)52-11-6-9-38)55-34(28)48-18-45-26-29(41-16-43-31(26)48)46-32(49)20-7-4-3-5-8-20/h3-5,7-8,15-18,21-24,27-28,33-34H,6,10-14H2,1,35H3,(H,41,43,46,49)/t21-,22-,23?,24-,27-,28-,33-,34-,59?,60?/m1/s1. The van der Waals surface area contributed by atoms with Crippen LogP contribution in [-0.2, 0) is 41.2 Å². The summed E-state index contributed by atoms with van der Waals surface area (Å²) in [4.78, 5) is 42.1. The number of aromatic nitrogens is 8. The minimum absolute atomic E-state index is 0.0674. The fourth-order valence-electron chi connectivity index (χ4n) is 6.51. The van der Waals surface area contributed by atoms with Crippen LogP contribution < -0.4 is 5.32 Å². The van der Waals surface area contributed by atoms with E-state index < -0.39 is 98.2 Å². The first-order valence-electron chi connectivity index (χ1n) is 18.0. The van der Waals surface area contributed by atoms with Crippen LogP contribution in [0, 0.1) is 24.8 Å². The van der Waals surface area contributed by atoms with Crippen molar-refractivity contribution in [1.29, 1.82) is 5.26 Å². The number of benzene rings is 1. The van der Waals surface area contributed by atoms with Crippen molar-refractivity contribution in [2.75, 3.05) is 38.3 Å². The van der Waals surface area contributed by atoms with Crippen LogP contribution in [0.4, 0.5) is 14.6 Å². The Balaban J connectivity index is 1.14. The highest BCUT2D eigenvalue weighted by Gasteiger charge is 2.57. The van der Waals surface area contributed by atoms with Crippen molar-refractivity contribution in [3.8, 4) is 6.07 Å². The topological polar surface area (TPSA) is 235 Å². The Hall–Kier alpha value is -4.97. The number of nitriles is 1. The Morgan fingerprint density at radius 1 is 1.00 bits per heavy atom. The molecule has 26 heteroatoms. The van der Waals surface area contributed by atoms with Gasteiger partial charge in [-0.3, -0.25) is 27.5 Å². The average molecular weight is 869 g/mol. The van der Waals surface area contributed by atoms with Gasteiger partial charge in [-0.05, 0) is 19.1 Å². The van der Waals surface area contributed by atoms with E-state index in [9.17, 15) is 14.6 Å². The van der Waals surface area contributed by atoms with Gasteiger partial charge in [0.05, 0.1) is 44.1 Å². The normalized spacial score (nSPS) is 30.8. The quantitative estimate of drug-likeness (QED) is 0.0915. The number of amides is 1. The van der Waals surface area contributed by atoms with Crippen LogP contribution in [0.15, 0.2) is 55.6 Å². The molecule has 3 unspecified atom stereocenters. The second-order valence-electron chi connectivity index (χ2n) is 13.0. The number of anilines is 1. The Morgan fingerprint density at radius 2 is 1.72 bits per heavy atom. The lowest BCUT2D eigenvalue weighted by Gasteiger charge is -2.31. The molecule has 21 nitrogen and oxygen atoms in total. The fraction of sp³-hybridized carbons (Fsp3) is 0.441. The molecule has 2 bridgehead atoms. The number of nitrogens with zero attached hydrogens (tertiary/aromatic N) is 10. The summed E-state index contributed by atoms with van der Waals surface area (Å²) in [6.07, 6.45) is -7.98. The molecule has 3 aliphatic heterocycles. The smallest absolute Gasteiger partial charge is 0.346 e. The summed E-state index contributed by atoms with van der Waals surface area (Å²) in [6, 6.07) is 10.3. The van der Waals surface area contributed by atoms with E-state index in [0.717, 1.165) is 0 Å². The number of carbonyl (C=O) groups excluding carboxylic acids is 1. The number of phosphoric acid groups is 1. The molecule has 7 heterocycles. The molecular weight excluding hydrogens is 833 g/mol. The van der Waals surface area contributed by atoms with E-state index in [4.69, 9.17) is 43.2 Å². The van der Waals surface area contributed by atoms with Crippen molar-refractivity contribution >= 4 is 57.3 Å². The molecule has 60 heavy (non-hydrogen) atoms. The van der Waals surface area contributed by atoms with Gasteiger partial charge in [0.1, 0.15) is 43.1 Å². The summed E-state index contributed by atoms with van der Waals surface area (Å²) in [6.45, 7) is 7.15. The van der Waals surface area contributed by atoms with Gasteiger partial charge in [-0.2, -0.15) is 5.26 Å². The zero-order valence-electron chi connectivity index (χ0n) is 30.8.